The van der Waals surface area contributed by atoms with E-state index in [1.165, 1.54) is 0 Å². The van der Waals surface area contributed by atoms with Gasteiger partial charge in [0.25, 0.3) is 0 Å². The van der Waals surface area contributed by atoms with Gasteiger partial charge in [-0.05, 0) is 57.4 Å². The van der Waals surface area contributed by atoms with Gasteiger partial charge in [-0.1, -0.05) is 0 Å². The van der Waals surface area contributed by atoms with Crippen molar-refractivity contribution in [3.63, 3.8) is 0 Å². The van der Waals surface area contributed by atoms with Crippen LogP contribution in [-0.4, -0.2) is 44.0 Å². The number of furan rings is 1. The number of hydrogen-bond acceptors (Lipinski definition) is 5. The first-order valence-corrected chi connectivity index (χ1v) is 8.03. The summed E-state index contributed by atoms with van der Waals surface area (Å²) in [7, 11) is 3.75. The van der Waals surface area contributed by atoms with Gasteiger partial charge in [0.2, 0.25) is 0 Å². The number of amides is 2. The van der Waals surface area contributed by atoms with Crippen molar-refractivity contribution in [1.29, 1.82) is 0 Å². The predicted molar refractivity (Wildman–Crippen MR) is 94.4 cm³/mol. The van der Waals surface area contributed by atoms with Crippen molar-refractivity contribution in [2.24, 2.45) is 0 Å². The molecular weight excluding hydrogens is 322 g/mol. The highest BCUT2D eigenvalue weighted by Gasteiger charge is 2.20. The average molecular weight is 345 g/mol. The van der Waals surface area contributed by atoms with Crippen LogP contribution in [0.3, 0.4) is 0 Å². The molecule has 0 aliphatic heterocycles. The highest BCUT2D eigenvalue weighted by atomic mass is 16.5. The highest BCUT2D eigenvalue weighted by molar-refractivity contribution is 6.39. The Morgan fingerprint density at radius 1 is 1.16 bits per heavy atom. The molecule has 7 nitrogen and oxygen atoms in total. The number of carbonyl (C=O) groups excluding carboxylic acids is 2. The molecule has 0 fully saturated rings. The molecule has 1 aromatic heterocycles. The second kappa shape index (κ2) is 8.89. The molecule has 134 valence electrons. The van der Waals surface area contributed by atoms with Gasteiger partial charge in [0.1, 0.15) is 11.5 Å². The molecular formula is C18H23N3O4. The molecule has 0 unspecified atom stereocenters. The summed E-state index contributed by atoms with van der Waals surface area (Å²) in [5, 5.41) is 5.18. The zero-order valence-corrected chi connectivity index (χ0v) is 14.6. The number of nitrogens with one attached hydrogen (secondary N) is 2. The van der Waals surface area contributed by atoms with E-state index in [0.29, 0.717) is 18.0 Å². The highest BCUT2D eigenvalue weighted by Crippen LogP contribution is 2.18. The molecule has 2 amide bonds. The Balaban J connectivity index is 1.88. The summed E-state index contributed by atoms with van der Waals surface area (Å²) in [6, 6.07) is 10.3. The number of nitrogens with zero attached hydrogens (tertiary/aromatic N) is 1. The van der Waals surface area contributed by atoms with Gasteiger partial charge in [-0.15, -0.1) is 0 Å². The molecule has 2 N–H and O–H groups in total. The molecule has 0 aliphatic rings. The van der Waals surface area contributed by atoms with Gasteiger partial charge in [-0.2, -0.15) is 0 Å². The first-order chi connectivity index (χ1) is 12.0. The number of anilines is 1. The summed E-state index contributed by atoms with van der Waals surface area (Å²) in [5.41, 5.74) is 0.527. The molecule has 0 aliphatic carbocycles. The van der Waals surface area contributed by atoms with E-state index in [1.54, 1.807) is 36.6 Å². The molecule has 2 aromatic rings. The molecule has 1 heterocycles. The Bertz CT molecular complexity index is 681. The topological polar surface area (TPSA) is 83.8 Å². The maximum atomic E-state index is 12.0. The monoisotopic (exact) mass is 345 g/mol. The van der Waals surface area contributed by atoms with E-state index >= 15 is 0 Å². The van der Waals surface area contributed by atoms with Gasteiger partial charge in [0.05, 0.1) is 18.9 Å². The Morgan fingerprint density at radius 2 is 1.88 bits per heavy atom. The van der Waals surface area contributed by atoms with E-state index in [2.05, 4.69) is 10.6 Å². The molecule has 0 saturated carbocycles. The third-order valence-electron chi connectivity index (χ3n) is 3.58. The van der Waals surface area contributed by atoms with Gasteiger partial charge in [0, 0.05) is 12.2 Å². The summed E-state index contributed by atoms with van der Waals surface area (Å²) < 4.78 is 10.7. The zero-order valence-electron chi connectivity index (χ0n) is 14.6. The van der Waals surface area contributed by atoms with Crippen molar-refractivity contribution < 1.29 is 18.7 Å². The molecule has 2 rings (SSSR count). The van der Waals surface area contributed by atoms with E-state index in [4.69, 9.17) is 9.15 Å². The van der Waals surface area contributed by atoms with E-state index in [-0.39, 0.29) is 12.6 Å². The molecule has 0 bridgehead atoms. The van der Waals surface area contributed by atoms with Crippen molar-refractivity contribution in [3.05, 3.63) is 48.4 Å². The molecule has 0 spiro atoms. The van der Waals surface area contributed by atoms with E-state index in [1.807, 2.05) is 32.0 Å². The number of likely N-dealkylation sites (N-methyl/N-ethyl adjacent to an activating group) is 1. The number of benzene rings is 1. The smallest absolute Gasteiger partial charge is 0.313 e. The fourth-order valence-corrected chi connectivity index (χ4v) is 2.28. The average Bonchev–Trinajstić information content (AvgIpc) is 3.10. The first kappa shape index (κ1) is 18.5. The maximum Gasteiger partial charge on any atom is 0.313 e. The van der Waals surface area contributed by atoms with E-state index in [0.717, 1.165) is 5.76 Å². The fraction of sp³-hybridized carbons (Fsp3) is 0.333. The number of ether oxygens (including phenoxy) is 1. The number of hydrogen-bond donors (Lipinski definition) is 2. The fourth-order valence-electron chi connectivity index (χ4n) is 2.28. The molecule has 0 radical (unpaired) electrons. The zero-order chi connectivity index (χ0) is 18.2. The Labute approximate surface area is 146 Å². The van der Waals surface area contributed by atoms with Crippen LogP contribution in [-0.2, 0) is 9.59 Å². The summed E-state index contributed by atoms with van der Waals surface area (Å²) in [5.74, 6) is 0.00264. The van der Waals surface area contributed by atoms with Gasteiger partial charge in [0.15, 0.2) is 0 Å². The van der Waals surface area contributed by atoms with Gasteiger partial charge >= 0.3 is 11.8 Å². The van der Waals surface area contributed by atoms with Crippen LogP contribution < -0.4 is 15.4 Å². The summed E-state index contributed by atoms with van der Waals surface area (Å²) in [6.07, 6.45) is 1.58. The van der Waals surface area contributed by atoms with Crippen molar-refractivity contribution in [1.82, 2.24) is 10.2 Å². The van der Waals surface area contributed by atoms with E-state index < -0.39 is 11.8 Å². The SMILES string of the molecule is CCOc1ccc(NC(=O)C(=O)NC[C@H](c2ccco2)N(C)C)cc1. The van der Waals surface area contributed by atoms with Crippen LogP contribution in [0, 0.1) is 0 Å². The lowest BCUT2D eigenvalue weighted by molar-refractivity contribution is -0.136. The minimum atomic E-state index is -0.721. The third-order valence-corrected chi connectivity index (χ3v) is 3.58. The second-order valence-electron chi connectivity index (χ2n) is 5.62. The minimum Gasteiger partial charge on any atom is -0.494 e. The summed E-state index contributed by atoms with van der Waals surface area (Å²) in [4.78, 5) is 25.9. The lowest BCUT2D eigenvalue weighted by atomic mass is 10.2. The second-order valence-corrected chi connectivity index (χ2v) is 5.62. The van der Waals surface area contributed by atoms with Crippen LogP contribution in [0.2, 0.25) is 0 Å². The van der Waals surface area contributed by atoms with Gasteiger partial charge < -0.3 is 19.8 Å². The quantitative estimate of drug-likeness (QED) is 0.750. The van der Waals surface area contributed by atoms with Crippen LogP contribution in [0.1, 0.15) is 18.7 Å². The largest absolute Gasteiger partial charge is 0.494 e. The Kier molecular flexibility index (Phi) is 6.59. The van der Waals surface area contributed by atoms with Crippen molar-refractivity contribution >= 4 is 17.5 Å². The first-order valence-electron chi connectivity index (χ1n) is 8.03. The van der Waals surface area contributed by atoms with Gasteiger partial charge in [-0.25, -0.2) is 0 Å². The van der Waals surface area contributed by atoms with Crippen LogP contribution in [0.15, 0.2) is 47.1 Å². The van der Waals surface area contributed by atoms with Crippen molar-refractivity contribution in [2.45, 2.75) is 13.0 Å². The van der Waals surface area contributed by atoms with Crippen molar-refractivity contribution in [3.8, 4) is 5.75 Å². The lowest BCUT2D eigenvalue weighted by Crippen LogP contribution is -2.40. The molecule has 7 heteroatoms. The van der Waals surface area contributed by atoms with Crippen molar-refractivity contribution in [2.75, 3.05) is 32.6 Å². The van der Waals surface area contributed by atoms with Crippen LogP contribution in [0.5, 0.6) is 5.75 Å². The molecule has 1 aromatic carbocycles. The Hall–Kier alpha value is -2.80. The van der Waals surface area contributed by atoms with Crippen LogP contribution >= 0.6 is 0 Å². The standard InChI is InChI=1S/C18H23N3O4/c1-4-24-14-9-7-13(8-10-14)20-18(23)17(22)19-12-15(21(2)3)16-6-5-11-25-16/h5-11,15H,4,12H2,1-3H3,(H,19,22)(H,20,23)/t15-/m1/s1. The maximum absolute atomic E-state index is 12.0. The molecule has 1 atom stereocenters. The number of carbonyl (C=O) groups is 2. The Morgan fingerprint density at radius 3 is 2.44 bits per heavy atom. The molecule has 25 heavy (non-hydrogen) atoms. The lowest BCUT2D eigenvalue weighted by Gasteiger charge is -2.22. The predicted octanol–water partition coefficient (Wildman–Crippen LogP) is 2.04. The summed E-state index contributed by atoms with van der Waals surface area (Å²) >= 11 is 0. The van der Waals surface area contributed by atoms with E-state index in [9.17, 15) is 9.59 Å². The number of rotatable bonds is 7. The normalized spacial score (nSPS) is 11.8. The van der Waals surface area contributed by atoms with Crippen LogP contribution in [0.25, 0.3) is 0 Å². The summed E-state index contributed by atoms with van der Waals surface area (Å²) in [6.45, 7) is 2.72. The van der Waals surface area contributed by atoms with Crippen LogP contribution in [0.4, 0.5) is 5.69 Å². The third kappa shape index (κ3) is 5.36. The van der Waals surface area contributed by atoms with Gasteiger partial charge in [-0.3, -0.25) is 14.5 Å². The molecule has 0 saturated heterocycles. The minimum absolute atomic E-state index is 0.155.